The van der Waals surface area contributed by atoms with Gasteiger partial charge in [0.05, 0.1) is 12.7 Å². The van der Waals surface area contributed by atoms with E-state index in [1.54, 1.807) is 7.11 Å². The van der Waals surface area contributed by atoms with Crippen LogP contribution in [0.15, 0.2) is 0 Å². The molecule has 5 heteroatoms. The normalized spacial score (nSPS) is 34.0. The number of carbonyl (C=O) groups excluding carboxylic acids is 1. The summed E-state index contributed by atoms with van der Waals surface area (Å²) in [5.74, 6) is 2.02. The number of methoxy groups -OCH3 is 1. The number of likely N-dealkylation sites (tertiary alicyclic amines) is 1. The number of nitrogens with one attached hydrogen (secondary N) is 1. The van der Waals surface area contributed by atoms with Crippen molar-refractivity contribution in [3.8, 4) is 0 Å². The van der Waals surface area contributed by atoms with Gasteiger partial charge < -0.3 is 20.1 Å². The van der Waals surface area contributed by atoms with E-state index in [2.05, 4.69) is 10.2 Å². The van der Waals surface area contributed by atoms with Gasteiger partial charge in [0.15, 0.2) is 0 Å². The molecule has 5 nitrogen and oxygen atoms in total. The summed E-state index contributed by atoms with van der Waals surface area (Å²) in [6.07, 6.45) is 6.73. The number of hydrogen-bond donors (Lipinski definition) is 2. The van der Waals surface area contributed by atoms with Crippen molar-refractivity contribution in [2.45, 2.75) is 50.7 Å². The second-order valence-corrected chi connectivity index (χ2v) is 7.33. The molecule has 2 aliphatic carbocycles. The lowest BCUT2D eigenvalue weighted by Gasteiger charge is -2.33. The summed E-state index contributed by atoms with van der Waals surface area (Å²) in [5.41, 5.74) is 0. The first kappa shape index (κ1) is 16.2. The Morgan fingerprint density at radius 2 is 1.86 bits per heavy atom. The van der Waals surface area contributed by atoms with Crippen LogP contribution in [0.4, 0.5) is 0 Å². The van der Waals surface area contributed by atoms with Gasteiger partial charge in [0.25, 0.3) is 0 Å². The Bertz CT molecular complexity index is 370. The molecule has 22 heavy (non-hydrogen) atoms. The molecule has 0 bridgehead atoms. The number of β-amino-alcohol motifs (C(OH)–C–C–N with tert-alkyl or cyclic N) is 1. The highest BCUT2D eigenvalue weighted by Crippen LogP contribution is 2.55. The maximum Gasteiger partial charge on any atom is 0.223 e. The third kappa shape index (κ3) is 3.81. The SMILES string of the molecule is COCC(O)CN1CCC(NC(=O)C2C3CCCCC32)CC1. The number of hydrogen-bond acceptors (Lipinski definition) is 4. The average Bonchev–Trinajstić information content (AvgIpc) is 3.24. The number of rotatable bonds is 6. The molecule has 0 aromatic rings. The van der Waals surface area contributed by atoms with Crippen LogP contribution in [-0.2, 0) is 9.53 Å². The van der Waals surface area contributed by atoms with Crippen LogP contribution in [0.3, 0.4) is 0 Å². The Morgan fingerprint density at radius 1 is 1.23 bits per heavy atom. The van der Waals surface area contributed by atoms with Crippen molar-refractivity contribution in [1.29, 1.82) is 0 Å². The topological polar surface area (TPSA) is 61.8 Å². The molecule has 0 radical (unpaired) electrons. The predicted molar refractivity (Wildman–Crippen MR) is 84.4 cm³/mol. The fourth-order valence-electron chi connectivity index (χ4n) is 4.48. The molecule has 0 aromatic carbocycles. The molecule has 126 valence electrons. The monoisotopic (exact) mass is 310 g/mol. The minimum atomic E-state index is -0.411. The predicted octanol–water partition coefficient (Wildman–Crippen LogP) is 1.01. The van der Waals surface area contributed by atoms with Gasteiger partial charge in [0.2, 0.25) is 5.91 Å². The lowest BCUT2D eigenvalue weighted by atomic mass is 10.0. The fourth-order valence-corrected chi connectivity index (χ4v) is 4.48. The highest BCUT2D eigenvalue weighted by Gasteiger charge is 2.54. The zero-order valence-electron chi connectivity index (χ0n) is 13.7. The number of aliphatic hydroxyl groups is 1. The van der Waals surface area contributed by atoms with E-state index in [0.29, 0.717) is 42.9 Å². The van der Waals surface area contributed by atoms with Gasteiger partial charge in [-0.15, -0.1) is 0 Å². The van der Waals surface area contributed by atoms with Gasteiger partial charge in [0.1, 0.15) is 0 Å². The summed E-state index contributed by atoms with van der Waals surface area (Å²) in [5, 5.41) is 13.1. The van der Waals surface area contributed by atoms with Crippen molar-refractivity contribution in [3.05, 3.63) is 0 Å². The number of carbonyl (C=O) groups is 1. The molecule has 3 rings (SSSR count). The number of aliphatic hydroxyl groups excluding tert-OH is 1. The van der Waals surface area contributed by atoms with E-state index in [4.69, 9.17) is 4.74 Å². The van der Waals surface area contributed by atoms with E-state index in [9.17, 15) is 9.90 Å². The molecule has 1 amide bonds. The third-order valence-electron chi connectivity index (χ3n) is 5.72. The largest absolute Gasteiger partial charge is 0.389 e. The van der Waals surface area contributed by atoms with E-state index in [-0.39, 0.29) is 0 Å². The van der Waals surface area contributed by atoms with Crippen LogP contribution in [-0.4, -0.2) is 61.4 Å². The molecule has 0 spiro atoms. The lowest BCUT2D eigenvalue weighted by molar-refractivity contribution is -0.124. The van der Waals surface area contributed by atoms with Gasteiger partial charge in [-0.1, -0.05) is 12.8 Å². The molecule has 3 unspecified atom stereocenters. The molecule has 1 saturated heterocycles. The van der Waals surface area contributed by atoms with Gasteiger partial charge in [-0.25, -0.2) is 0 Å². The highest BCUT2D eigenvalue weighted by atomic mass is 16.5. The highest BCUT2D eigenvalue weighted by molar-refractivity contribution is 5.82. The van der Waals surface area contributed by atoms with Crippen molar-refractivity contribution < 1.29 is 14.6 Å². The average molecular weight is 310 g/mol. The number of piperidine rings is 1. The van der Waals surface area contributed by atoms with E-state index >= 15 is 0 Å². The Balaban J connectivity index is 1.36. The summed E-state index contributed by atoms with van der Waals surface area (Å²) in [4.78, 5) is 14.7. The summed E-state index contributed by atoms with van der Waals surface area (Å²) >= 11 is 0. The smallest absolute Gasteiger partial charge is 0.223 e. The number of nitrogens with zero attached hydrogens (tertiary/aromatic N) is 1. The summed E-state index contributed by atoms with van der Waals surface area (Å²) in [6.45, 7) is 2.95. The minimum Gasteiger partial charge on any atom is -0.389 e. The molecule has 0 aromatic heterocycles. The van der Waals surface area contributed by atoms with Gasteiger partial charge in [0, 0.05) is 38.7 Å². The second kappa shape index (κ2) is 7.28. The van der Waals surface area contributed by atoms with Crippen molar-refractivity contribution in [2.75, 3.05) is 33.4 Å². The van der Waals surface area contributed by atoms with Crippen LogP contribution < -0.4 is 5.32 Å². The van der Waals surface area contributed by atoms with Crippen molar-refractivity contribution >= 4 is 5.91 Å². The summed E-state index contributed by atoms with van der Waals surface area (Å²) in [7, 11) is 1.61. The molecule has 3 aliphatic rings. The first-order valence-corrected chi connectivity index (χ1v) is 8.88. The fraction of sp³-hybridized carbons (Fsp3) is 0.941. The Kier molecular flexibility index (Phi) is 5.37. The molecule has 2 saturated carbocycles. The maximum atomic E-state index is 12.4. The lowest BCUT2D eigenvalue weighted by Crippen LogP contribution is -2.47. The van der Waals surface area contributed by atoms with Crippen LogP contribution in [0.5, 0.6) is 0 Å². The van der Waals surface area contributed by atoms with Crippen molar-refractivity contribution in [1.82, 2.24) is 10.2 Å². The molecular weight excluding hydrogens is 280 g/mol. The zero-order chi connectivity index (χ0) is 15.5. The maximum absolute atomic E-state index is 12.4. The number of ether oxygens (including phenoxy) is 1. The van der Waals surface area contributed by atoms with E-state index in [1.807, 2.05) is 0 Å². The Hall–Kier alpha value is -0.650. The van der Waals surface area contributed by atoms with Crippen LogP contribution in [0.1, 0.15) is 38.5 Å². The molecule has 3 fully saturated rings. The van der Waals surface area contributed by atoms with Gasteiger partial charge in [-0.2, -0.15) is 0 Å². The minimum absolute atomic E-state index is 0.315. The first-order valence-electron chi connectivity index (χ1n) is 8.88. The third-order valence-corrected chi connectivity index (χ3v) is 5.72. The molecule has 3 atom stereocenters. The second-order valence-electron chi connectivity index (χ2n) is 7.33. The molecule has 2 N–H and O–H groups in total. The quantitative estimate of drug-likeness (QED) is 0.769. The molecule has 1 heterocycles. The van der Waals surface area contributed by atoms with Gasteiger partial charge in [-0.05, 0) is 37.5 Å². The summed E-state index contributed by atoms with van der Waals surface area (Å²) < 4.78 is 4.96. The van der Waals surface area contributed by atoms with Crippen LogP contribution in [0.2, 0.25) is 0 Å². The molecular formula is C17H30N2O3. The zero-order valence-corrected chi connectivity index (χ0v) is 13.7. The van der Waals surface area contributed by atoms with Crippen molar-refractivity contribution in [3.63, 3.8) is 0 Å². The van der Waals surface area contributed by atoms with E-state index < -0.39 is 6.10 Å². The van der Waals surface area contributed by atoms with Crippen LogP contribution in [0.25, 0.3) is 0 Å². The summed E-state index contributed by atoms with van der Waals surface area (Å²) in [6, 6.07) is 0.325. The van der Waals surface area contributed by atoms with Gasteiger partial charge in [-0.3, -0.25) is 4.79 Å². The number of amides is 1. The van der Waals surface area contributed by atoms with Gasteiger partial charge >= 0.3 is 0 Å². The first-order chi connectivity index (χ1) is 10.7. The van der Waals surface area contributed by atoms with E-state index in [0.717, 1.165) is 25.9 Å². The van der Waals surface area contributed by atoms with Crippen molar-refractivity contribution in [2.24, 2.45) is 17.8 Å². The Labute approximate surface area is 133 Å². The molecule has 1 aliphatic heterocycles. The van der Waals surface area contributed by atoms with E-state index in [1.165, 1.54) is 25.7 Å². The van der Waals surface area contributed by atoms with Crippen LogP contribution in [0, 0.1) is 17.8 Å². The van der Waals surface area contributed by atoms with Crippen LogP contribution >= 0.6 is 0 Å². The number of fused-ring (bicyclic) bond motifs is 1. The standard InChI is InChI=1S/C17H30N2O3/c1-22-11-13(20)10-19-8-6-12(7-9-19)18-17(21)16-14-4-2-3-5-15(14)16/h12-16,20H,2-11H2,1H3,(H,18,21). The Morgan fingerprint density at radius 3 is 2.45 bits per heavy atom.